The second kappa shape index (κ2) is 6.94. The number of ether oxygens (including phenoxy) is 1. The van der Waals surface area contributed by atoms with Gasteiger partial charge in [-0.15, -0.1) is 0 Å². The summed E-state index contributed by atoms with van der Waals surface area (Å²) in [6.45, 7) is 0.830. The molecular weight excluding hydrogens is 268 g/mol. The van der Waals surface area contributed by atoms with Crippen LogP contribution in [-0.4, -0.2) is 23.7 Å². The van der Waals surface area contributed by atoms with Crippen LogP contribution in [0.5, 0.6) is 0 Å². The van der Waals surface area contributed by atoms with E-state index in [1.165, 1.54) is 36.1 Å². The fraction of sp³-hybridized carbons (Fsp3) is 0.625. The lowest BCUT2D eigenvalue weighted by atomic mass is 9.92. The van der Waals surface area contributed by atoms with E-state index >= 15 is 0 Å². The number of hydrazine groups is 1. The van der Waals surface area contributed by atoms with Crippen LogP contribution < -0.4 is 11.3 Å². The van der Waals surface area contributed by atoms with E-state index < -0.39 is 0 Å². The van der Waals surface area contributed by atoms with Gasteiger partial charge in [-0.25, -0.2) is 0 Å². The van der Waals surface area contributed by atoms with Gasteiger partial charge in [0.25, 0.3) is 0 Å². The first kappa shape index (κ1) is 14.4. The van der Waals surface area contributed by atoms with Crippen LogP contribution in [0.3, 0.4) is 0 Å². The number of hydrogen-bond donors (Lipinski definition) is 2. The van der Waals surface area contributed by atoms with Crippen molar-refractivity contribution in [3.63, 3.8) is 0 Å². The molecule has 2 heterocycles. The van der Waals surface area contributed by atoms with Gasteiger partial charge in [0, 0.05) is 11.3 Å². The summed E-state index contributed by atoms with van der Waals surface area (Å²) in [4.78, 5) is 0. The normalized spacial score (nSPS) is 27.9. The van der Waals surface area contributed by atoms with Crippen LogP contribution in [0.1, 0.15) is 42.9 Å². The Labute approximate surface area is 125 Å². The predicted molar refractivity (Wildman–Crippen MR) is 84.7 cm³/mol. The highest BCUT2D eigenvalue weighted by molar-refractivity contribution is 8.00. The van der Waals surface area contributed by atoms with E-state index in [0.29, 0.717) is 11.3 Å². The van der Waals surface area contributed by atoms with E-state index in [9.17, 15) is 0 Å². The van der Waals surface area contributed by atoms with Crippen LogP contribution in [0.4, 0.5) is 0 Å². The lowest BCUT2D eigenvalue weighted by molar-refractivity contribution is 0.0290. The number of benzene rings is 1. The molecular formula is C16H24N2OS. The summed E-state index contributed by atoms with van der Waals surface area (Å²) in [5.74, 6) is 7.09. The molecule has 0 spiro atoms. The monoisotopic (exact) mass is 292 g/mol. The van der Waals surface area contributed by atoms with Crippen molar-refractivity contribution in [2.75, 3.05) is 12.4 Å². The van der Waals surface area contributed by atoms with Crippen LogP contribution in [0, 0.1) is 0 Å². The molecule has 1 aromatic rings. The van der Waals surface area contributed by atoms with E-state index in [4.69, 9.17) is 10.6 Å². The van der Waals surface area contributed by atoms with Gasteiger partial charge in [0.15, 0.2) is 0 Å². The van der Waals surface area contributed by atoms with Gasteiger partial charge in [-0.1, -0.05) is 30.7 Å². The molecule has 2 aliphatic rings. The molecule has 3 rings (SSSR count). The first-order chi connectivity index (χ1) is 9.88. The maximum atomic E-state index is 6.02. The summed E-state index contributed by atoms with van der Waals surface area (Å²) >= 11 is 2.07. The van der Waals surface area contributed by atoms with E-state index in [-0.39, 0.29) is 6.10 Å². The summed E-state index contributed by atoms with van der Waals surface area (Å²) in [7, 11) is 0. The Balaban J connectivity index is 1.70. The van der Waals surface area contributed by atoms with Crippen molar-refractivity contribution in [3.8, 4) is 0 Å². The van der Waals surface area contributed by atoms with Crippen molar-refractivity contribution in [2.24, 2.45) is 5.84 Å². The van der Waals surface area contributed by atoms with E-state index in [1.807, 2.05) is 0 Å². The van der Waals surface area contributed by atoms with Gasteiger partial charge in [-0.05, 0) is 42.6 Å². The van der Waals surface area contributed by atoms with Gasteiger partial charge in [0.2, 0.25) is 0 Å². The van der Waals surface area contributed by atoms with Crippen molar-refractivity contribution >= 4 is 11.8 Å². The second-order valence-corrected chi connectivity index (χ2v) is 7.07. The van der Waals surface area contributed by atoms with Crippen LogP contribution >= 0.6 is 11.8 Å². The topological polar surface area (TPSA) is 47.3 Å². The number of nitrogens with one attached hydrogen (secondary N) is 1. The number of nitrogens with two attached hydrogens (primary N) is 1. The number of thioether (sulfide) groups is 1. The zero-order valence-corrected chi connectivity index (χ0v) is 12.7. The van der Waals surface area contributed by atoms with Crippen molar-refractivity contribution in [1.29, 1.82) is 0 Å². The first-order valence-electron chi connectivity index (χ1n) is 7.65. The highest BCUT2D eigenvalue weighted by atomic mass is 32.2. The summed E-state index contributed by atoms with van der Waals surface area (Å²) in [6.07, 6.45) is 6.16. The van der Waals surface area contributed by atoms with Crippen molar-refractivity contribution < 1.29 is 4.74 Å². The highest BCUT2D eigenvalue weighted by Crippen LogP contribution is 2.35. The Morgan fingerprint density at radius 1 is 1.35 bits per heavy atom. The zero-order chi connectivity index (χ0) is 13.8. The molecule has 2 aliphatic heterocycles. The Morgan fingerprint density at radius 3 is 3.05 bits per heavy atom. The molecule has 1 fully saturated rings. The van der Waals surface area contributed by atoms with Gasteiger partial charge in [0.05, 0.1) is 12.7 Å². The molecule has 3 unspecified atom stereocenters. The smallest absolute Gasteiger partial charge is 0.0843 e. The van der Waals surface area contributed by atoms with Gasteiger partial charge < -0.3 is 4.74 Å². The van der Waals surface area contributed by atoms with Gasteiger partial charge >= 0.3 is 0 Å². The Kier molecular flexibility index (Phi) is 4.99. The molecule has 0 bridgehead atoms. The Bertz CT molecular complexity index is 434. The largest absolute Gasteiger partial charge is 0.373 e. The average Bonchev–Trinajstić information content (AvgIpc) is 2.53. The maximum absolute atomic E-state index is 6.02. The van der Waals surface area contributed by atoms with Gasteiger partial charge in [-0.2, -0.15) is 11.8 Å². The molecule has 0 amide bonds. The number of hydrogen-bond acceptors (Lipinski definition) is 4. The summed E-state index contributed by atoms with van der Waals surface area (Å²) < 4.78 is 6.02. The molecule has 0 radical (unpaired) electrons. The third-order valence-corrected chi connectivity index (χ3v) is 5.95. The van der Waals surface area contributed by atoms with Crippen LogP contribution in [0.25, 0.3) is 0 Å². The maximum Gasteiger partial charge on any atom is 0.0843 e. The molecule has 0 aromatic heterocycles. The lowest BCUT2D eigenvalue weighted by Crippen LogP contribution is -2.45. The molecule has 0 aliphatic carbocycles. The molecule has 3 atom stereocenters. The lowest BCUT2D eigenvalue weighted by Gasteiger charge is -2.34. The second-order valence-electron chi connectivity index (χ2n) is 5.72. The van der Waals surface area contributed by atoms with Crippen molar-refractivity contribution in [1.82, 2.24) is 5.43 Å². The summed E-state index contributed by atoms with van der Waals surface area (Å²) in [6, 6.07) is 9.01. The van der Waals surface area contributed by atoms with Crippen molar-refractivity contribution in [2.45, 2.75) is 49.5 Å². The molecule has 0 saturated carbocycles. The van der Waals surface area contributed by atoms with Gasteiger partial charge in [-0.3, -0.25) is 11.3 Å². The Hall–Kier alpha value is -0.550. The van der Waals surface area contributed by atoms with Crippen LogP contribution in [0.2, 0.25) is 0 Å². The van der Waals surface area contributed by atoms with Crippen LogP contribution in [0.15, 0.2) is 24.3 Å². The molecule has 20 heavy (non-hydrogen) atoms. The number of rotatable bonds is 4. The van der Waals surface area contributed by atoms with Crippen LogP contribution in [-0.2, 0) is 11.2 Å². The Morgan fingerprint density at radius 2 is 2.25 bits per heavy atom. The van der Waals surface area contributed by atoms with Gasteiger partial charge in [0.1, 0.15) is 0 Å². The fourth-order valence-electron chi connectivity index (χ4n) is 3.31. The molecule has 1 aromatic carbocycles. The molecule has 3 N–H and O–H groups in total. The van der Waals surface area contributed by atoms with Crippen molar-refractivity contribution in [3.05, 3.63) is 35.4 Å². The minimum atomic E-state index is 0.198. The van der Waals surface area contributed by atoms with E-state index in [0.717, 1.165) is 19.4 Å². The number of fused-ring (bicyclic) bond motifs is 1. The summed E-state index contributed by atoms with van der Waals surface area (Å²) in [5, 5.41) is 0.631. The molecule has 3 nitrogen and oxygen atoms in total. The average molecular weight is 292 g/mol. The SMILES string of the molecule is NNC(CC1OCCc2ccccc21)C1CCCCS1. The third-order valence-electron chi connectivity index (χ3n) is 4.44. The zero-order valence-electron chi connectivity index (χ0n) is 11.9. The van der Waals surface area contributed by atoms with E-state index in [2.05, 4.69) is 41.5 Å². The van der Waals surface area contributed by atoms with E-state index in [1.54, 1.807) is 0 Å². The quantitative estimate of drug-likeness (QED) is 0.662. The standard InChI is InChI=1S/C16H24N2OS/c17-18-14(16-7-3-4-10-20-16)11-15-13-6-2-1-5-12(13)8-9-19-15/h1-2,5-6,14-16,18H,3-4,7-11,17H2. The minimum Gasteiger partial charge on any atom is -0.373 e. The molecule has 4 heteroatoms. The first-order valence-corrected chi connectivity index (χ1v) is 8.70. The summed E-state index contributed by atoms with van der Waals surface area (Å²) in [5.41, 5.74) is 5.85. The molecule has 110 valence electrons. The molecule has 1 saturated heterocycles. The fourth-order valence-corrected chi connectivity index (χ4v) is 4.74. The third kappa shape index (κ3) is 3.19. The highest BCUT2D eigenvalue weighted by Gasteiger charge is 2.29. The predicted octanol–water partition coefficient (Wildman–Crippen LogP) is 2.81. The minimum absolute atomic E-state index is 0.198.